The minimum absolute atomic E-state index is 0.239. The fraction of sp³-hybridized carbons (Fsp3) is 0.385. The molecule has 1 aromatic heterocycles. The van der Waals surface area contributed by atoms with Gasteiger partial charge < -0.3 is 4.74 Å². The standard InChI is InChI=1S/C13H14BrCl2N3O/c1-2-10(14)12-8-19(18-17-12)5-6-20-13-4-3-9(15)7-11(13)16/h3-4,7-8,10H,2,5-6H2,1H3. The molecule has 0 amide bonds. The van der Waals surface area contributed by atoms with Gasteiger partial charge in [-0.3, -0.25) is 0 Å². The summed E-state index contributed by atoms with van der Waals surface area (Å²) in [6.07, 6.45) is 2.88. The first-order chi connectivity index (χ1) is 9.60. The smallest absolute Gasteiger partial charge is 0.138 e. The second-order valence-corrected chi connectivity index (χ2v) is 6.15. The quantitative estimate of drug-likeness (QED) is 0.694. The molecule has 1 heterocycles. The third-order valence-electron chi connectivity index (χ3n) is 2.71. The topological polar surface area (TPSA) is 39.9 Å². The molecule has 0 aliphatic rings. The van der Waals surface area contributed by atoms with Crippen LogP contribution in [0.5, 0.6) is 5.75 Å². The Balaban J connectivity index is 1.88. The van der Waals surface area contributed by atoms with Crippen molar-refractivity contribution in [3.8, 4) is 5.75 Å². The third kappa shape index (κ3) is 4.11. The van der Waals surface area contributed by atoms with Gasteiger partial charge in [0.25, 0.3) is 0 Å². The molecule has 108 valence electrons. The van der Waals surface area contributed by atoms with Crippen LogP contribution in [0.15, 0.2) is 24.4 Å². The van der Waals surface area contributed by atoms with Crippen molar-refractivity contribution in [3.05, 3.63) is 40.1 Å². The largest absolute Gasteiger partial charge is 0.490 e. The lowest BCUT2D eigenvalue weighted by molar-refractivity contribution is 0.290. The van der Waals surface area contributed by atoms with Crippen LogP contribution in [-0.4, -0.2) is 21.6 Å². The van der Waals surface area contributed by atoms with Crippen LogP contribution >= 0.6 is 39.1 Å². The zero-order valence-electron chi connectivity index (χ0n) is 10.9. The molecule has 0 saturated carbocycles. The fourth-order valence-electron chi connectivity index (χ4n) is 1.62. The fourth-order valence-corrected chi connectivity index (χ4v) is 2.29. The van der Waals surface area contributed by atoms with Crippen LogP contribution in [0.25, 0.3) is 0 Å². The van der Waals surface area contributed by atoms with Crippen LogP contribution in [0.3, 0.4) is 0 Å². The van der Waals surface area contributed by atoms with Gasteiger partial charge in [0, 0.05) is 11.2 Å². The van der Waals surface area contributed by atoms with Gasteiger partial charge in [-0.15, -0.1) is 5.10 Å². The van der Waals surface area contributed by atoms with E-state index in [1.807, 2.05) is 6.20 Å². The molecule has 0 fully saturated rings. The predicted octanol–water partition coefficient (Wildman–Crippen LogP) is 4.51. The van der Waals surface area contributed by atoms with Crippen molar-refractivity contribution in [1.29, 1.82) is 0 Å². The van der Waals surface area contributed by atoms with Gasteiger partial charge in [-0.05, 0) is 24.6 Å². The normalized spacial score (nSPS) is 12.4. The first kappa shape index (κ1) is 15.6. The number of ether oxygens (including phenoxy) is 1. The van der Waals surface area contributed by atoms with E-state index < -0.39 is 0 Å². The predicted molar refractivity (Wildman–Crippen MR) is 83.9 cm³/mol. The average molecular weight is 379 g/mol. The van der Waals surface area contributed by atoms with Gasteiger partial charge in [0.2, 0.25) is 0 Å². The van der Waals surface area contributed by atoms with E-state index in [0.717, 1.165) is 12.1 Å². The number of alkyl halides is 1. The number of benzene rings is 1. The molecule has 1 unspecified atom stereocenters. The van der Waals surface area contributed by atoms with E-state index in [0.29, 0.717) is 28.9 Å². The maximum absolute atomic E-state index is 6.03. The highest BCUT2D eigenvalue weighted by Gasteiger charge is 2.09. The maximum atomic E-state index is 6.03. The Morgan fingerprint density at radius 2 is 2.20 bits per heavy atom. The van der Waals surface area contributed by atoms with E-state index >= 15 is 0 Å². The van der Waals surface area contributed by atoms with Gasteiger partial charge >= 0.3 is 0 Å². The van der Waals surface area contributed by atoms with Crippen molar-refractivity contribution in [2.75, 3.05) is 6.61 Å². The minimum atomic E-state index is 0.239. The molecule has 0 aliphatic carbocycles. The van der Waals surface area contributed by atoms with Crippen LogP contribution in [-0.2, 0) is 6.54 Å². The number of halogens is 3. The summed E-state index contributed by atoms with van der Waals surface area (Å²) in [4.78, 5) is 0.239. The summed E-state index contributed by atoms with van der Waals surface area (Å²) in [5, 5.41) is 9.26. The molecule has 2 aromatic rings. The summed E-state index contributed by atoms with van der Waals surface area (Å²) in [5.41, 5.74) is 0.928. The van der Waals surface area contributed by atoms with E-state index in [2.05, 4.69) is 33.2 Å². The lowest BCUT2D eigenvalue weighted by Gasteiger charge is -2.07. The maximum Gasteiger partial charge on any atom is 0.138 e. The summed E-state index contributed by atoms with van der Waals surface area (Å²) >= 11 is 15.4. The van der Waals surface area contributed by atoms with E-state index in [1.54, 1.807) is 22.9 Å². The molecule has 0 bridgehead atoms. The number of hydrogen-bond donors (Lipinski definition) is 0. The second kappa shape index (κ2) is 7.29. The zero-order chi connectivity index (χ0) is 14.5. The lowest BCUT2D eigenvalue weighted by Crippen LogP contribution is -2.09. The van der Waals surface area contributed by atoms with Gasteiger partial charge in [-0.1, -0.05) is 51.3 Å². The molecule has 2 rings (SSSR count). The van der Waals surface area contributed by atoms with Crippen LogP contribution in [0.1, 0.15) is 23.9 Å². The average Bonchev–Trinajstić information content (AvgIpc) is 2.89. The van der Waals surface area contributed by atoms with Gasteiger partial charge in [-0.2, -0.15) is 0 Å². The molecule has 0 aliphatic heterocycles. The summed E-state index contributed by atoms with van der Waals surface area (Å²) in [7, 11) is 0. The zero-order valence-corrected chi connectivity index (χ0v) is 14.0. The van der Waals surface area contributed by atoms with Crippen molar-refractivity contribution >= 4 is 39.1 Å². The minimum Gasteiger partial charge on any atom is -0.490 e. The lowest BCUT2D eigenvalue weighted by atomic mass is 10.3. The van der Waals surface area contributed by atoms with Gasteiger partial charge in [0.1, 0.15) is 12.4 Å². The molecular formula is C13H14BrCl2N3O. The molecule has 20 heavy (non-hydrogen) atoms. The highest BCUT2D eigenvalue weighted by Crippen LogP contribution is 2.27. The highest BCUT2D eigenvalue weighted by molar-refractivity contribution is 9.09. The number of aromatic nitrogens is 3. The summed E-state index contributed by atoms with van der Waals surface area (Å²) in [6.45, 7) is 3.16. The van der Waals surface area contributed by atoms with E-state index in [-0.39, 0.29) is 4.83 Å². The van der Waals surface area contributed by atoms with E-state index in [1.165, 1.54) is 0 Å². The number of hydrogen-bond acceptors (Lipinski definition) is 3. The molecule has 0 spiro atoms. The third-order valence-corrected chi connectivity index (χ3v) is 4.35. The van der Waals surface area contributed by atoms with Crippen LogP contribution in [0, 0.1) is 0 Å². The molecular weight excluding hydrogens is 365 g/mol. The number of rotatable bonds is 6. The van der Waals surface area contributed by atoms with E-state index in [9.17, 15) is 0 Å². The Morgan fingerprint density at radius 3 is 2.90 bits per heavy atom. The van der Waals surface area contributed by atoms with Gasteiger partial charge in [0.05, 0.1) is 22.1 Å². The first-order valence-corrected chi connectivity index (χ1v) is 7.89. The summed E-state index contributed by atoms with van der Waals surface area (Å²) in [5.74, 6) is 0.614. The molecule has 0 saturated heterocycles. The highest BCUT2D eigenvalue weighted by atomic mass is 79.9. The number of nitrogens with zero attached hydrogens (tertiary/aromatic N) is 3. The van der Waals surface area contributed by atoms with Crippen molar-refractivity contribution < 1.29 is 4.74 Å². The SMILES string of the molecule is CCC(Br)c1cn(CCOc2ccc(Cl)cc2Cl)nn1. The van der Waals surface area contributed by atoms with Crippen molar-refractivity contribution in [3.63, 3.8) is 0 Å². The molecule has 1 aromatic carbocycles. The second-order valence-electron chi connectivity index (χ2n) is 4.21. The van der Waals surface area contributed by atoms with Crippen LogP contribution < -0.4 is 4.74 Å². The molecule has 0 radical (unpaired) electrons. The van der Waals surface area contributed by atoms with Gasteiger partial charge in [0.15, 0.2) is 0 Å². The molecule has 1 atom stereocenters. The van der Waals surface area contributed by atoms with Crippen molar-refractivity contribution in [2.24, 2.45) is 0 Å². The Labute approximate surface area is 136 Å². The van der Waals surface area contributed by atoms with E-state index in [4.69, 9.17) is 27.9 Å². The Kier molecular flexibility index (Phi) is 5.69. The molecule has 4 nitrogen and oxygen atoms in total. The Hall–Kier alpha value is -0.780. The van der Waals surface area contributed by atoms with Crippen LogP contribution in [0.2, 0.25) is 10.0 Å². The van der Waals surface area contributed by atoms with Crippen molar-refractivity contribution in [1.82, 2.24) is 15.0 Å². The molecule has 0 N–H and O–H groups in total. The summed E-state index contributed by atoms with van der Waals surface area (Å²) < 4.78 is 7.35. The van der Waals surface area contributed by atoms with Crippen LogP contribution in [0.4, 0.5) is 0 Å². The van der Waals surface area contributed by atoms with Crippen molar-refractivity contribution in [2.45, 2.75) is 24.7 Å². The molecule has 7 heteroatoms. The Bertz CT molecular complexity index is 576. The summed E-state index contributed by atoms with van der Waals surface area (Å²) in [6, 6.07) is 5.15. The van der Waals surface area contributed by atoms with Gasteiger partial charge in [-0.25, -0.2) is 4.68 Å². The monoisotopic (exact) mass is 377 g/mol. The Morgan fingerprint density at radius 1 is 1.40 bits per heavy atom. The first-order valence-electron chi connectivity index (χ1n) is 6.22.